The fourth-order valence-electron chi connectivity index (χ4n) is 3.48. The second-order valence-electron chi connectivity index (χ2n) is 8.96. The van der Waals surface area contributed by atoms with Crippen LogP contribution in [-0.2, 0) is 26.2 Å². The van der Waals surface area contributed by atoms with Gasteiger partial charge in [-0.15, -0.1) is 5.10 Å². The molecule has 184 valence electrons. The van der Waals surface area contributed by atoms with E-state index in [4.69, 9.17) is 4.42 Å². The summed E-state index contributed by atoms with van der Waals surface area (Å²) >= 11 is 0. The van der Waals surface area contributed by atoms with Crippen LogP contribution >= 0.6 is 0 Å². The largest absolute Gasteiger partial charge is 0.406 e. The number of hydrogen-bond donors (Lipinski definition) is 1. The highest BCUT2D eigenvalue weighted by atomic mass is 32.2. The quantitative estimate of drug-likeness (QED) is 0.499. The number of hydrogen-bond acceptors (Lipinski definition) is 8. The second-order valence-corrected chi connectivity index (χ2v) is 10.9. The van der Waals surface area contributed by atoms with Crippen molar-refractivity contribution in [3.8, 4) is 0 Å². The van der Waals surface area contributed by atoms with Crippen LogP contribution in [0.5, 0.6) is 0 Å². The van der Waals surface area contributed by atoms with E-state index < -0.39 is 15.9 Å². The molecular weight excluding hydrogens is 462 g/mol. The highest BCUT2D eigenvalue weighted by molar-refractivity contribution is 7.89. The van der Waals surface area contributed by atoms with Gasteiger partial charge in [-0.1, -0.05) is 32.8 Å². The van der Waals surface area contributed by atoms with Crippen molar-refractivity contribution in [3.05, 3.63) is 35.7 Å². The minimum atomic E-state index is -3.71. The Balaban J connectivity index is 1.67. The summed E-state index contributed by atoms with van der Waals surface area (Å²) in [6, 6.07) is 5.40. The molecule has 0 bridgehead atoms. The van der Waals surface area contributed by atoms with Crippen molar-refractivity contribution in [1.29, 1.82) is 0 Å². The van der Waals surface area contributed by atoms with Gasteiger partial charge in [-0.05, 0) is 36.1 Å². The lowest BCUT2D eigenvalue weighted by atomic mass is 10.2. The van der Waals surface area contributed by atoms with Gasteiger partial charge in [0.25, 0.3) is 5.91 Å². The van der Waals surface area contributed by atoms with Crippen molar-refractivity contribution in [2.75, 3.05) is 18.4 Å². The van der Waals surface area contributed by atoms with Crippen molar-refractivity contribution in [1.82, 2.24) is 19.4 Å². The smallest absolute Gasteiger partial charge is 0.322 e. The third-order valence-electron chi connectivity index (χ3n) is 5.03. The Morgan fingerprint density at radius 1 is 1.03 bits per heavy atom. The van der Waals surface area contributed by atoms with Crippen LogP contribution in [0.1, 0.15) is 56.8 Å². The van der Waals surface area contributed by atoms with E-state index >= 15 is 0 Å². The molecule has 1 aliphatic rings. The van der Waals surface area contributed by atoms with Crippen molar-refractivity contribution < 1.29 is 27.2 Å². The van der Waals surface area contributed by atoms with Gasteiger partial charge in [0, 0.05) is 31.5 Å². The van der Waals surface area contributed by atoms with Crippen LogP contribution in [0.3, 0.4) is 0 Å². The third-order valence-corrected chi connectivity index (χ3v) is 6.87. The first kappa shape index (κ1) is 25.5. The molecule has 3 rings (SSSR count). The van der Waals surface area contributed by atoms with E-state index in [1.165, 1.54) is 28.6 Å². The predicted molar refractivity (Wildman–Crippen MR) is 122 cm³/mol. The van der Waals surface area contributed by atoms with Gasteiger partial charge in [-0.3, -0.25) is 24.6 Å². The second kappa shape index (κ2) is 10.4. The Hall–Kier alpha value is -3.12. The van der Waals surface area contributed by atoms with Gasteiger partial charge in [-0.2, -0.15) is 4.31 Å². The standard InChI is InChI=1S/C22H29N5O6S/c1-14(2)11-26(12-15(3)4)34(31,32)17-7-5-16(6-8-17)21(30)23-22-25-24-18(33-22)13-27-19(28)9-10-20(27)29/h5-8,14-15H,9-13H2,1-4H3,(H,23,25,30). The highest BCUT2D eigenvalue weighted by Gasteiger charge is 2.30. The summed E-state index contributed by atoms with van der Waals surface area (Å²) in [6.07, 6.45) is 0.296. The fraction of sp³-hybridized carbons (Fsp3) is 0.500. The van der Waals surface area contributed by atoms with E-state index in [0.29, 0.717) is 13.1 Å². The number of carbonyl (C=O) groups excluding carboxylic acids is 3. The molecule has 12 heteroatoms. The van der Waals surface area contributed by atoms with Crippen LogP contribution < -0.4 is 5.32 Å². The minimum Gasteiger partial charge on any atom is -0.406 e. The molecule has 0 saturated carbocycles. The third kappa shape index (κ3) is 6.06. The average Bonchev–Trinajstić information content (AvgIpc) is 3.34. The molecule has 1 saturated heterocycles. The molecular formula is C22H29N5O6S. The lowest BCUT2D eigenvalue weighted by Crippen LogP contribution is -2.37. The topological polar surface area (TPSA) is 143 Å². The van der Waals surface area contributed by atoms with Crippen LogP contribution in [0.2, 0.25) is 0 Å². The molecule has 0 aliphatic carbocycles. The molecule has 1 fully saturated rings. The van der Waals surface area contributed by atoms with Crippen molar-refractivity contribution in [3.63, 3.8) is 0 Å². The summed E-state index contributed by atoms with van der Waals surface area (Å²) in [6.45, 7) is 8.48. The molecule has 0 radical (unpaired) electrons. The van der Waals surface area contributed by atoms with E-state index in [9.17, 15) is 22.8 Å². The van der Waals surface area contributed by atoms with Gasteiger partial charge in [-0.25, -0.2) is 8.42 Å². The maximum Gasteiger partial charge on any atom is 0.322 e. The average molecular weight is 492 g/mol. The lowest BCUT2D eigenvalue weighted by molar-refractivity contribution is -0.139. The van der Waals surface area contributed by atoms with Crippen LogP contribution in [0.25, 0.3) is 0 Å². The van der Waals surface area contributed by atoms with E-state index in [1.807, 2.05) is 27.7 Å². The van der Waals surface area contributed by atoms with Gasteiger partial charge < -0.3 is 4.42 Å². The van der Waals surface area contributed by atoms with E-state index in [1.54, 1.807) is 0 Å². The Bertz CT molecular complexity index is 1130. The SMILES string of the molecule is CC(C)CN(CC(C)C)S(=O)(=O)c1ccc(C(=O)Nc2nnc(CN3C(=O)CCC3=O)o2)cc1. The molecule has 1 aromatic carbocycles. The molecule has 0 unspecified atom stereocenters. The molecule has 34 heavy (non-hydrogen) atoms. The molecule has 2 aromatic rings. The maximum atomic E-state index is 13.1. The summed E-state index contributed by atoms with van der Waals surface area (Å²) in [5.74, 6) is -0.864. The molecule has 3 amide bonds. The van der Waals surface area contributed by atoms with Crippen molar-refractivity contribution in [2.24, 2.45) is 11.8 Å². The van der Waals surface area contributed by atoms with E-state index in [2.05, 4.69) is 15.5 Å². The lowest BCUT2D eigenvalue weighted by Gasteiger charge is -2.25. The van der Waals surface area contributed by atoms with Crippen LogP contribution in [0.4, 0.5) is 6.01 Å². The van der Waals surface area contributed by atoms with Crippen LogP contribution in [0.15, 0.2) is 33.6 Å². The number of amides is 3. The number of aromatic nitrogens is 2. The molecule has 0 atom stereocenters. The zero-order valence-electron chi connectivity index (χ0n) is 19.6. The number of carbonyl (C=O) groups is 3. The fourth-order valence-corrected chi connectivity index (χ4v) is 5.25. The van der Waals surface area contributed by atoms with Gasteiger partial charge >= 0.3 is 6.01 Å². The molecule has 1 aromatic heterocycles. The van der Waals surface area contributed by atoms with E-state index in [0.717, 1.165) is 4.90 Å². The summed E-state index contributed by atoms with van der Waals surface area (Å²) in [4.78, 5) is 37.1. The van der Waals surface area contributed by atoms with Crippen molar-refractivity contribution >= 4 is 33.8 Å². The molecule has 1 N–H and O–H groups in total. The summed E-state index contributed by atoms with van der Waals surface area (Å²) in [7, 11) is -3.71. The summed E-state index contributed by atoms with van der Waals surface area (Å²) in [5.41, 5.74) is 0.197. The molecule has 0 spiro atoms. The molecule has 1 aliphatic heterocycles. The summed E-state index contributed by atoms with van der Waals surface area (Å²) < 4.78 is 33.0. The molecule has 2 heterocycles. The Labute approximate surface area is 198 Å². The van der Waals surface area contributed by atoms with Gasteiger partial charge in [0.2, 0.25) is 27.7 Å². The Morgan fingerprint density at radius 3 is 2.12 bits per heavy atom. The Kier molecular flexibility index (Phi) is 7.82. The number of rotatable bonds is 10. The number of nitrogens with one attached hydrogen (secondary N) is 1. The van der Waals surface area contributed by atoms with Gasteiger partial charge in [0.05, 0.1) is 4.90 Å². The predicted octanol–water partition coefficient (Wildman–Crippen LogP) is 2.27. The number of likely N-dealkylation sites (tertiary alicyclic amines) is 1. The number of nitrogens with zero attached hydrogens (tertiary/aromatic N) is 4. The first-order valence-electron chi connectivity index (χ1n) is 11.0. The van der Waals surface area contributed by atoms with Crippen molar-refractivity contribution in [2.45, 2.75) is 52.0 Å². The first-order valence-corrected chi connectivity index (χ1v) is 12.5. The zero-order chi connectivity index (χ0) is 25.0. The first-order chi connectivity index (χ1) is 16.0. The summed E-state index contributed by atoms with van der Waals surface area (Å²) in [5, 5.41) is 9.89. The number of imide groups is 1. The maximum absolute atomic E-state index is 13.1. The number of benzene rings is 1. The van der Waals surface area contributed by atoms with E-state index in [-0.39, 0.29) is 65.4 Å². The highest BCUT2D eigenvalue weighted by Crippen LogP contribution is 2.20. The number of sulfonamides is 1. The van der Waals surface area contributed by atoms with Gasteiger partial charge in [0.15, 0.2) is 0 Å². The normalized spacial score (nSPS) is 14.6. The zero-order valence-corrected chi connectivity index (χ0v) is 20.5. The van der Waals surface area contributed by atoms with Crippen LogP contribution in [0, 0.1) is 11.8 Å². The molecule has 11 nitrogen and oxygen atoms in total. The monoisotopic (exact) mass is 491 g/mol. The van der Waals surface area contributed by atoms with Crippen LogP contribution in [-0.4, -0.2) is 58.6 Å². The van der Waals surface area contributed by atoms with Gasteiger partial charge in [0.1, 0.15) is 6.54 Å². The minimum absolute atomic E-state index is 0.00994. The Morgan fingerprint density at radius 2 is 1.59 bits per heavy atom. The number of anilines is 1.